The van der Waals surface area contributed by atoms with Crippen LogP contribution in [0.25, 0.3) is 11.1 Å². The number of hydrogen-bond donors (Lipinski definition) is 5. The summed E-state index contributed by atoms with van der Waals surface area (Å²) in [5.74, 6) is 0.209. The van der Waals surface area contributed by atoms with Gasteiger partial charge in [0.05, 0.1) is 6.54 Å². The average Bonchev–Trinajstić information content (AvgIpc) is 3.22. The van der Waals surface area contributed by atoms with Crippen molar-refractivity contribution in [3.8, 4) is 11.5 Å². The number of likely N-dealkylation sites (N-methyl/N-ethyl adjacent to an activating group) is 1. The molecule has 0 heterocycles. The summed E-state index contributed by atoms with van der Waals surface area (Å²) >= 11 is 0. The molecule has 0 spiro atoms. The zero-order valence-electron chi connectivity index (χ0n) is 34.9. The largest absolute Gasteiger partial charge is 0.508 e. The topological polar surface area (TPSA) is 154 Å². The molecular weight excluding hydrogens is 764 g/mol. The van der Waals surface area contributed by atoms with E-state index >= 15 is 0 Å². The van der Waals surface area contributed by atoms with Crippen LogP contribution in [0.5, 0.6) is 11.5 Å². The Balaban J connectivity index is 0.00000930. The standard InChI is InChI=1S/C48H62N4O6.ClH/c1-5-41(36-18-12-9-13-19-36)45(37-21-25-39(53)26-22-37)38-23-27-40(28-24-38)58-31-30-52(4)44(54)20-14-6-7-15-29-50-47(56)43(32-34(2)3)51-48(57)46(55)42(49)33-35-16-10-8-11-17-35;/h8-13,16-19,21-28,34,42-43,46,53,55H,5-7,14-15,20,29-33,49H2,1-4H3,(H,50,56)(H,51,57);1H/b45-41-;/t42-,43+,46+;/m1./s1. The van der Waals surface area contributed by atoms with Crippen molar-refractivity contribution in [3.63, 3.8) is 0 Å². The number of allylic oxidation sites excluding steroid dienone is 1. The van der Waals surface area contributed by atoms with Gasteiger partial charge >= 0.3 is 0 Å². The fourth-order valence-electron chi connectivity index (χ4n) is 6.88. The Kier molecular flexibility index (Phi) is 20.7. The van der Waals surface area contributed by atoms with E-state index in [2.05, 4.69) is 41.8 Å². The Labute approximate surface area is 356 Å². The second-order valence-corrected chi connectivity index (χ2v) is 15.3. The summed E-state index contributed by atoms with van der Waals surface area (Å²) < 4.78 is 6.03. The first-order valence-electron chi connectivity index (χ1n) is 20.6. The van der Waals surface area contributed by atoms with Crippen molar-refractivity contribution in [2.24, 2.45) is 11.7 Å². The number of aliphatic hydroxyl groups is 1. The first-order chi connectivity index (χ1) is 28.0. The van der Waals surface area contributed by atoms with Crippen LogP contribution < -0.4 is 21.1 Å². The van der Waals surface area contributed by atoms with Crippen LogP contribution in [0.3, 0.4) is 0 Å². The quantitative estimate of drug-likeness (QED) is 0.0383. The van der Waals surface area contributed by atoms with Gasteiger partial charge in [0.1, 0.15) is 30.3 Å². The number of aliphatic hydroxyl groups excluding tert-OH is 1. The van der Waals surface area contributed by atoms with Gasteiger partial charge in [-0.3, -0.25) is 14.4 Å². The molecular formula is C48H63ClN4O6. The zero-order chi connectivity index (χ0) is 41.9. The molecule has 3 amide bonds. The predicted octanol–water partition coefficient (Wildman–Crippen LogP) is 7.55. The van der Waals surface area contributed by atoms with Gasteiger partial charge in [-0.25, -0.2) is 0 Å². The average molecular weight is 828 g/mol. The molecule has 0 fully saturated rings. The maximum Gasteiger partial charge on any atom is 0.251 e. The lowest BCUT2D eigenvalue weighted by atomic mass is 9.88. The maximum absolute atomic E-state index is 13.0. The molecule has 4 rings (SSSR count). The normalized spacial score (nSPS) is 13.0. The van der Waals surface area contributed by atoms with Crippen molar-refractivity contribution in [1.82, 2.24) is 15.5 Å². The number of nitrogens with one attached hydrogen (secondary N) is 2. The number of phenols is 1. The summed E-state index contributed by atoms with van der Waals surface area (Å²) in [4.78, 5) is 40.3. The minimum Gasteiger partial charge on any atom is -0.508 e. The summed E-state index contributed by atoms with van der Waals surface area (Å²) in [7, 11) is 1.79. The van der Waals surface area contributed by atoms with E-state index in [0.29, 0.717) is 39.0 Å². The lowest BCUT2D eigenvalue weighted by molar-refractivity contribution is -0.135. The summed E-state index contributed by atoms with van der Waals surface area (Å²) in [5.41, 5.74) is 12.6. The zero-order valence-corrected chi connectivity index (χ0v) is 35.8. The molecule has 0 aliphatic heterocycles. The summed E-state index contributed by atoms with van der Waals surface area (Å²) in [5, 5.41) is 26.1. The first-order valence-corrected chi connectivity index (χ1v) is 20.6. The highest BCUT2D eigenvalue weighted by atomic mass is 35.5. The smallest absolute Gasteiger partial charge is 0.251 e. The molecule has 3 atom stereocenters. The number of amides is 3. The molecule has 0 radical (unpaired) electrons. The van der Waals surface area contributed by atoms with Crippen LogP contribution in [0.15, 0.2) is 109 Å². The Bertz CT molecular complexity index is 1890. The highest BCUT2D eigenvalue weighted by molar-refractivity contribution is 5.98. The van der Waals surface area contributed by atoms with Crippen LogP contribution in [-0.4, -0.2) is 77.8 Å². The molecule has 0 aliphatic rings. The van der Waals surface area contributed by atoms with E-state index in [-0.39, 0.29) is 35.9 Å². The van der Waals surface area contributed by atoms with Crippen LogP contribution >= 0.6 is 12.4 Å². The number of carbonyl (C=O) groups excluding carboxylic acids is 3. The molecule has 318 valence electrons. The van der Waals surface area contributed by atoms with Crippen LogP contribution in [-0.2, 0) is 20.8 Å². The number of benzene rings is 4. The van der Waals surface area contributed by atoms with Gasteiger partial charge in [-0.15, -0.1) is 12.4 Å². The molecule has 4 aromatic carbocycles. The molecule has 0 aromatic heterocycles. The number of aromatic hydroxyl groups is 1. The van der Waals surface area contributed by atoms with Crippen molar-refractivity contribution in [3.05, 3.63) is 131 Å². The Morgan fingerprint density at radius 1 is 0.780 bits per heavy atom. The molecule has 0 bridgehead atoms. The van der Waals surface area contributed by atoms with Crippen molar-refractivity contribution < 1.29 is 29.3 Å². The van der Waals surface area contributed by atoms with Crippen molar-refractivity contribution in [2.45, 2.75) is 90.3 Å². The molecule has 0 aliphatic carbocycles. The third-order valence-electron chi connectivity index (χ3n) is 10.1. The van der Waals surface area contributed by atoms with Crippen molar-refractivity contribution in [1.29, 1.82) is 0 Å². The lowest BCUT2D eigenvalue weighted by Crippen LogP contribution is -2.54. The monoisotopic (exact) mass is 826 g/mol. The Hall–Kier alpha value is -5.16. The van der Waals surface area contributed by atoms with Gasteiger partial charge in [-0.05, 0) is 95.7 Å². The van der Waals surface area contributed by atoms with Gasteiger partial charge in [0.15, 0.2) is 0 Å². The van der Waals surface area contributed by atoms with Crippen molar-refractivity contribution >= 4 is 41.3 Å². The number of rotatable bonds is 23. The highest BCUT2D eigenvalue weighted by Crippen LogP contribution is 2.35. The van der Waals surface area contributed by atoms with Gasteiger partial charge in [0.25, 0.3) is 5.91 Å². The molecule has 6 N–H and O–H groups in total. The predicted molar refractivity (Wildman–Crippen MR) is 239 cm³/mol. The van der Waals surface area contributed by atoms with Gasteiger partial charge in [0, 0.05) is 26.1 Å². The van der Waals surface area contributed by atoms with E-state index in [4.69, 9.17) is 10.5 Å². The number of nitrogens with zero attached hydrogens (tertiary/aromatic N) is 1. The minimum atomic E-state index is -1.44. The number of hydrogen-bond acceptors (Lipinski definition) is 7. The number of ether oxygens (including phenoxy) is 1. The second-order valence-electron chi connectivity index (χ2n) is 15.3. The minimum absolute atomic E-state index is 0. The summed E-state index contributed by atoms with van der Waals surface area (Å²) in [6, 6.07) is 33.5. The molecule has 0 saturated carbocycles. The number of carbonyl (C=O) groups is 3. The van der Waals surface area contributed by atoms with Crippen LogP contribution in [0, 0.1) is 5.92 Å². The number of phenolic OH excluding ortho intramolecular Hbond substituents is 1. The van der Waals surface area contributed by atoms with Crippen LogP contribution in [0.2, 0.25) is 0 Å². The molecule has 11 heteroatoms. The lowest BCUT2D eigenvalue weighted by Gasteiger charge is -2.24. The second kappa shape index (κ2) is 25.4. The van der Waals surface area contributed by atoms with E-state index in [1.54, 1.807) is 24.1 Å². The third kappa shape index (κ3) is 15.8. The first kappa shape index (κ1) is 48.2. The van der Waals surface area contributed by atoms with Crippen LogP contribution in [0.4, 0.5) is 0 Å². The number of unbranched alkanes of at least 4 members (excludes halogenated alkanes) is 3. The highest BCUT2D eigenvalue weighted by Gasteiger charge is 2.28. The fraction of sp³-hybridized carbons (Fsp3) is 0.396. The van der Waals surface area contributed by atoms with E-state index in [1.165, 1.54) is 5.57 Å². The van der Waals surface area contributed by atoms with Gasteiger partial charge in [-0.2, -0.15) is 0 Å². The van der Waals surface area contributed by atoms with Gasteiger partial charge in [0.2, 0.25) is 11.8 Å². The van der Waals surface area contributed by atoms with Crippen molar-refractivity contribution in [2.75, 3.05) is 26.7 Å². The molecule has 10 nitrogen and oxygen atoms in total. The van der Waals surface area contributed by atoms with E-state index < -0.39 is 24.1 Å². The van der Waals surface area contributed by atoms with Gasteiger partial charge < -0.3 is 36.2 Å². The Morgan fingerprint density at radius 2 is 1.37 bits per heavy atom. The van der Waals surface area contributed by atoms with E-state index in [9.17, 15) is 24.6 Å². The molecule has 0 saturated heterocycles. The van der Waals surface area contributed by atoms with E-state index in [1.807, 2.05) is 86.6 Å². The van der Waals surface area contributed by atoms with Crippen LogP contribution in [0.1, 0.15) is 88.0 Å². The molecule has 59 heavy (non-hydrogen) atoms. The van der Waals surface area contributed by atoms with E-state index in [0.717, 1.165) is 65.7 Å². The Morgan fingerprint density at radius 3 is 1.98 bits per heavy atom. The summed E-state index contributed by atoms with van der Waals surface area (Å²) in [6.45, 7) is 7.37. The maximum atomic E-state index is 13.0. The number of halogens is 1. The molecule has 4 aromatic rings. The summed E-state index contributed by atoms with van der Waals surface area (Å²) in [6.07, 6.45) is 3.77. The van der Waals surface area contributed by atoms with Gasteiger partial charge in [-0.1, -0.05) is 119 Å². The fourth-order valence-corrected chi connectivity index (χ4v) is 6.88. The SMILES string of the molecule is CC/C(=C(\c1ccc(O)cc1)c1ccc(OCCN(C)C(=O)CCCCCCNC(=O)[C@H](CC(C)C)NC(=O)[C@@H](O)[C@H](N)Cc2ccccc2)cc1)c1ccccc1.Cl. The third-order valence-corrected chi connectivity index (χ3v) is 10.1. The number of nitrogens with two attached hydrogens (primary N) is 1. The molecule has 0 unspecified atom stereocenters.